The summed E-state index contributed by atoms with van der Waals surface area (Å²) in [7, 11) is 0. The Morgan fingerprint density at radius 1 is 0.968 bits per heavy atom. The van der Waals surface area contributed by atoms with Gasteiger partial charge in [-0.25, -0.2) is 0 Å². The first-order valence-corrected chi connectivity index (χ1v) is 12.8. The van der Waals surface area contributed by atoms with Crippen LogP contribution in [0.15, 0.2) is 0 Å². The van der Waals surface area contributed by atoms with Crippen molar-refractivity contribution in [2.45, 2.75) is 119 Å². The lowest BCUT2D eigenvalue weighted by molar-refractivity contribution is -0.263. The zero-order chi connectivity index (χ0) is 23.0. The molecule has 31 heavy (non-hydrogen) atoms. The lowest BCUT2D eigenvalue weighted by Gasteiger charge is -2.60. The number of alkyl halides is 1. The maximum atomic E-state index is 13.7. The zero-order valence-electron chi connectivity index (χ0n) is 19.8. The van der Waals surface area contributed by atoms with Gasteiger partial charge in [0, 0.05) is 30.3 Å². The van der Waals surface area contributed by atoms with Gasteiger partial charge in [-0.05, 0) is 85.5 Å². The van der Waals surface area contributed by atoms with Crippen LogP contribution >= 0.6 is 22.6 Å². The number of rotatable bonds is 4. The molecule has 0 spiro atoms. The molecule has 0 radical (unpaired) electrons. The first-order chi connectivity index (χ1) is 14.1. The second kappa shape index (κ2) is 7.29. The summed E-state index contributed by atoms with van der Waals surface area (Å²) in [5, 5.41) is 12.0. The van der Waals surface area contributed by atoms with Gasteiger partial charge < -0.3 is 14.7 Å². The van der Waals surface area contributed by atoms with Gasteiger partial charge in [-0.15, -0.1) is 0 Å². The van der Waals surface area contributed by atoms with Gasteiger partial charge in [0.2, 0.25) is 0 Å². The van der Waals surface area contributed by atoms with Gasteiger partial charge in [-0.3, -0.25) is 9.59 Å². The standard InChI is InChI=1S/C24H38INO5/c1-20(2)12-17(13-21(3,4)26(20)29)30-19(28)23-8-15-7-16(9-23)11-24(10-15,14-23)31-18(27)22(5,6)25/h15-17,29H,7-14H2,1-6H3. The lowest BCUT2D eigenvalue weighted by atomic mass is 9.48. The second-order valence-corrected chi connectivity index (χ2v) is 15.4. The van der Waals surface area contributed by atoms with Crippen LogP contribution in [0.4, 0.5) is 0 Å². The van der Waals surface area contributed by atoms with E-state index in [0.29, 0.717) is 31.1 Å². The fourth-order valence-corrected chi connectivity index (χ4v) is 7.50. The normalized spacial score (nSPS) is 39.4. The average molecular weight is 547 g/mol. The molecular weight excluding hydrogens is 509 g/mol. The van der Waals surface area contributed by atoms with E-state index in [1.54, 1.807) is 0 Å². The number of hydrogen-bond donors (Lipinski definition) is 1. The summed E-state index contributed by atoms with van der Waals surface area (Å²) in [6.45, 7) is 11.7. The molecule has 1 N–H and O–H groups in total. The molecule has 4 saturated carbocycles. The molecule has 4 aliphatic carbocycles. The van der Waals surface area contributed by atoms with Gasteiger partial charge in [0.05, 0.1) is 5.41 Å². The molecule has 1 heterocycles. The maximum absolute atomic E-state index is 13.7. The van der Waals surface area contributed by atoms with Crippen molar-refractivity contribution >= 4 is 34.5 Å². The number of piperidine rings is 1. The molecule has 6 nitrogen and oxygen atoms in total. The smallest absolute Gasteiger partial charge is 0.322 e. The number of carbonyl (C=O) groups excluding carboxylic acids is 2. The SMILES string of the molecule is CC(C)(I)C(=O)OC12CC3CC(C1)CC(C(=O)OC1CC(C)(C)N(O)C(C)(C)C1)(C3)C2. The molecule has 5 fully saturated rings. The van der Waals surface area contributed by atoms with Gasteiger partial charge in [0.25, 0.3) is 0 Å². The number of hydrogen-bond acceptors (Lipinski definition) is 6. The van der Waals surface area contributed by atoms with Gasteiger partial charge in [0.15, 0.2) is 0 Å². The van der Waals surface area contributed by atoms with Crippen molar-refractivity contribution in [1.29, 1.82) is 0 Å². The Hall–Kier alpha value is -0.410. The average Bonchev–Trinajstić information content (AvgIpc) is 2.56. The van der Waals surface area contributed by atoms with E-state index >= 15 is 0 Å². The Morgan fingerprint density at radius 2 is 1.48 bits per heavy atom. The van der Waals surface area contributed by atoms with Crippen LogP contribution in [0.1, 0.15) is 92.9 Å². The van der Waals surface area contributed by atoms with E-state index in [4.69, 9.17) is 9.47 Å². The van der Waals surface area contributed by atoms with E-state index in [0.717, 1.165) is 32.1 Å². The summed E-state index contributed by atoms with van der Waals surface area (Å²) in [4.78, 5) is 26.4. The molecule has 0 amide bonds. The molecule has 2 unspecified atom stereocenters. The quantitative estimate of drug-likeness (QED) is 0.302. The number of nitrogens with zero attached hydrogens (tertiary/aromatic N) is 1. The molecule has 0 aromatic rings. The molecular formula is C24H38INO5. The predicted octanol–water partition coefficient (Wildman–Crippen LogP) is 5.04. The third-order valence-corrected chi connectivity index (χ3v) is 8.55. The minimum Gasteiger partial charge on any atom is -0.462 e. The molecule has 7 heteroatoms. The van der Waals surface area contributed by atoms with Crippen molar-refractivity contribution in [3.63, 3.8) is 0 Å². The van der Waals surface area contributed by atoms with Crippen molar-refractivity contribution in [2.75, 3.05) is 0 Å². The number of esters is 2. The number of halogens is 1. The Bertz CT molecular complexity index is 738. The van der Waals surface area contributed by atoms with E-state index in [1.165, 1.54) is 5.06 Å². The van der Waals surface area contributed by atoms with Crippen LogP contribution in [0.5, 0.6) is 0 Å². The summed E-state index contributed by atoms with van der Waals surface area (Å²) < 4.78 is 11.8. The molecule has 176 valence electrons. The van der Waals surface area contributed by atoms with Gasteiger partial charge >= 0.3 is 11.9 Å². The highest BCUT2D eigenvalue weighted by Gasteiger charge is 2.63. The Kier molecular flexibility index (Phi) is 5.58. The van der Waals surface area contributed by atoms with Crippen molar-refractivity contribution in [1.82, 2.24) is 5.06 Å². The zero-order valence-corrected chi connectivity index (χ0v) is 22.0. The molecule has 1 saturated heterocycles. The highest BCUT2D eigenvalue weighted by molar-refractivity contribution is 14.1. The van der Waals surface area contributed by atoms with E-state index < -0.39 is 25.5 Å². The number of hydroxylamine groups is 2. The maximum Gasteiger partial charge on any atom is 0.322 e. The molecule has 5 rings (SSSR count). The van der Waals surface area contributed by atoms with E-state index in [1.807, 2.05) is 41.5 Å². The minimum absolute atomic E-state index is 0.112. The third-order valence-electron chi connectivity index (χ3n) is 8.11. The fourth-order valence-electron chi connectivity index (χ4n) is 7.39. The minimum atomic E-state index is -0.579. The highest BCUT2D eigenvalue weighted by atomic mass is 127. The van der Waals surface area contributed by atoms with Crippen molar-refractivity contribution in [3.05, 3.63) is 0 Å². The highest BCUT2D eigenvalue weighted by Crippen LogP contribution is 2.63. The second-order valence-electron chi connectivity index (χ2n) is 12.7. The summed E-state index contributed by atoms with van der Waals surface area (Å²) in [6.07, 6.45) is 6.15. The van der Waals surface area contributed by atoms with Crippen LogP contribution in [0, 0.1) is 17.3 Å². The van der Waals surface area contributed by atoms with Crippen LogP contribution in [-0.2, 0) is 19.1 Å². The first kappa shape index (κ1) is 23.7. The molecule has 2 atom stereocenters. The van der Waals surface area contributed by atoms with Crippen molar-refractivity contribution in [3.8, 4) is 0 Å². The monoisotopic (exact) mass is 547 g/mol. The van der Waals surface area contributed by atoms with Crippen molar-refractivity contribution < 1.29 is 24.3 Å². The topological polar surface area (TPSA) is 76.1 Å². The molecule has 1 aliphatic heterocycles. The summed E-state index contributed by atoms with van der Waals surface area (Å²) in [5.41, 5.74) is -1.98. The molecule has 0 aromatic carbocycles. The van der Waals surface area contributed by atoms with Gasteiger partial charge in [0.1, 0.15) is 15.1 Å². The molecule has 0 aromatic heterocycles. The number of ether oxygens (including phenoxy) is 2. The van der Waals surface area contributed by atoms with Crippen LogP contribution in [0.2, 0.25) is 0 Å². The Balaban J connectivity index is 1.53. The summed E-state index contributed by atoms with van der Waals surface area (Å²) >= 11 is 2.13. The Labute approximate surface area is 199 Å². The van der Waals surface area contributed by atoms with Crippen LogP contribution in [0.3, 0.4) is 0 Å². The van der Waals surface area contributed by atoms with Gasteiger partial charge in [-0.1, -0.05) is 22.6 Å². The fraction of sp³-hybridized carbons (Fsp3) is 0.917. The Morgan fingerprint density at radius 3 is 1.97 bits per heavy atom. The molecule has 4 bridgehead atoms. The van der Waals surface area contributed by atoms with Crippen LogP contribution in [0.25, 0.3) is 0 Å². The largest absolute Gasteiger partial charge is 0.462 e. The van der Waals surface area contributed by atoms with Gasteiger partial charge in [-0.2, -0.15) is 5.06 Å². The summed E-state index contributed by atoms with van der Waals surface area (Å²) in [6, 6.07) is 0. The van der Waals surface area contributed by atoms with Crippen LogP contribution in [-0.4, -0.2) is 48.4 Å². The number of carbonyl (C=O) groups is 2. The third kappa shape index (κ3) is 4.27. The van der Waals surface area contributed by atoms with E-state index in [9.17, 15) is 14.8 Å². The van der Waals surface area contributed by atoms with Crippen molar-refractivity contribution in [2.24, 2.45) is 17.3 Å². The van der Waals surface area contributed by atoms with E-state index in [-0.39, 0.29) is 18.0 Å². The first-order valence-electron chi connectivity index (χ1n) is 11.7. The molecule has 5 aliphatic rings. The van der Waals surface area contributed by atoms with E-state index in [2.05, 4.69) is 22.6 Å². The predicted molar refractivity (Wildman–Crippen MR) is 125 cm³/mol. The lowest BCUT2D eigenvalue weighted by Crippen LogP contribution is -2.63. The van der Waals surface area contributed by atoms with Crippen LogP contribution < -0.4 is 0 Å². The summed E-state index contributed by atoms with van der Waals surface area (Å²) in [5.74, 6) is 0.549.